The van der Waals surface area contributed by atoms with Crippen LogP contribution in [0.15, 0.2) is 24.3 Å². The molecule has 0 aromatic carbocycles. The number of hydrogen-bond donors (Lipinski definition) is 3. The molecule has 0 saturated heterocycles. The molecule has 27 heavy (non-hydrogen) atoms. The summed E-state index contributed by atoms with van der Waals surface area (Å²) in [7, 11) is 0. The first-order valence-electron chi connectivity index (χ1n) is 10.6. The van der Waals surface area contributed by atoms with Crippen molar-refractivity contribution in [2.75, 3.05) is 13.2 Å². The molecule has 0 radical (unpaired) electrons. The van der Waals surface area contributed by atoms with Gasteiger partial charge in [-0.2, -0.15) is 0 Å². The summed E-state index contributed by atoms with van der Waals surface area (Å²) in [4.78, 5) is 10.3. The average molecular weight is 385 g/mol. The fourth-order valence-electron chi connectivity index (χ4n) is 2.14. The van der Waals surface area contributed by atoms with E-state index >= 15 is 0 Å². The molecule has 0 spiro atoms. The summed E-state index contributed by atoms with van der Waals surface area (Å²) in [5.41, 5.74) is -0.306. The third kappa shape index (κ3) is 27.2. The van der Waals surface area contributed by atoms with E-state index in [0.717, 1.165) is 25.7 Å². The van der Waals surface area contributed by atoms with Gasteiger partial charge >= 0.3 is 5.97 Å². The topological polar surface area (TPSA) is 77.8 Å². The number of aliphatic hydroxyl groups is 2. The zero-order valence-corrected chi connectivity index (χ0v) is 18.0. The van der Waals surface area contributed by atoms with Crippen LogP contribution in [0.25, 0.3) is 0 Å². The van der Waals surface area contributed by atoms with Crippen molar-refractivity contribution in [2.24, 2.45) is 5.41 Å². The first-order chi connectivity index (χ1) is 12.9. The first kappa shape index (κ1) is 28.1. The van der Waals surface area contributed by atoms with Gasteiger partial charge in [0, 0.05) is 11.8 Å². The average Bonchev–Trinajstić information content (AvgIpc) is 2.65. The lowest BCUT2D eigenvalue weighted by Crippen LogP contribution is -2.20. The lowest BCUT2D eigenvalue weighted by molar-refractivity contribution is -0.137. The normalized spacial score (nSPS) is 11.7. The van der Waals surface area contributed by atoms with Gasteiger partial charge in [0.15, 0.2) is 0 Å². The van der Waals surface area contributed by atoms with Crippen molar-refractivity contribution in [3.05, 3.63) is 24.3 Å². The molecule has 0 aliphatic heterocycles. The standard InChI is InChI=1S/C18H32O2.C5H12O2/c1-2-3-4-5-6-7-8-9-10-11-12-13-14-15-16-17-18(19)20;1-5(2,3-6)4-7/h6-7,9-10H,2-5,8,11-17H2,1H3,(H,19,20);6-7H,3-4H2,1-2H3/b7-6-,10-9-;. The molecule has 4 heteroatoms. The molecule has 0 amide bonds. The summed E-state index contributed by atoms with van der Waals surface area (Å²) in [6.07, 6.45) is 22.3. The van der Waals surface area contributed by atoms with Gasteiger partial charge in [-0.25, -0.2) is 0 Å². The Kier molecular flexibility index (Phi) is 22.0. The van der Waals surface area contributed by atoms with E-state index in [1.165, 1.54) is 44.9 Å². The maximum atomic E-state index is 10.3. The Labute approximate surface area is 167 Å². The van der Waals surface area contributed by atoms with Crippen molar-refractivity contribution < 1.29 is 20.1 Å². The van der Waals surface area contributed by atoms with E-state index in [9.17, 15) is 4.79 Å². The van der Waals surface area contributed by atoms with Crippen LogP contribution in [0.4, 0.5) is 0 Å². The zero-order chi connectivity index (χ0) is 20.8. The molecule has 3 N–H and O–H groups in total. The van der Waals surface area contributed by atoms with Crippen molar-refractivity contribution >= 4 is 5.97 Å². The van der Waals surface area contributed by atoms with Crippen LogP contribution in [0.1, 0.15) is 97.8 Å². The van der Waals surface area contributed by atoms with E-state index in [2.05, 4.69) is 31.2 Å². The fourth-order valence-corrected chi connectivity index (χ4v) is 2.14. The molecular formula is C23H44O4. The van der Waals surface area contributed by atoms with Gasteiger partial charge in [0.05, 0.1) is 13.2 Å². The highest BCUT2D eigenvalue weighted by Gasteiger charge is 2.13. The van der Waals surface area contributed by atoms with Gasteiger partial charge in [0.25, 0.3) is 0 Å². The Morgan fingerprint density at radius 1 is 0.778 bits per heavy atom. The molecule has 4 nitrogen and oxygen atoms in total. The summed E-state index contributed by atoms with van der Waals surface area (Å²) in [6, 6.07) is 0. The highest BCUT2D eigenvalue weighted by Crippen LogP contribution is 2.10. The summed E-state index contributed by atoms with van der Waals surface area (Å²) in [5.74, 6) is -0.671. The highest BCUT2D eigenvalue weighted by atomic mass is 16.4. The van der Waals surface area contributed by atoms with E-state index in [-0.39, 0.29) is 18.6 Å². The minimum Gasteiger partial charge on any atom is -0.481 e. The Bertz CT molecular complexity index is 367. The predicted octanol–water partition coefficient (Wildman–Crippen LogP) is 5.88. The van der Waals surface area contributed by atoms with Crippen LogP contribution in [0, 0.1) is 5.41 Å². The van der Waals surface area contributed by atoms with E-state index in [1.54, 1.807) is 13.8 Å². The maximum Gasteiger partial charge on any atom is 0.303 e. The largest absolute Gasteiger partial charge is 0.481 e. The second-order valence-corrected chi connectivity index (χ2v) is 7.85. The van der Waals surface area contributed by atoms with Crippen molar-refractivity contribution in [3.63, 3.8) is 0 Å². The van der Waals surface area contributed by atoms with Crippen molar-refractivity contribution in [2.45, 2.75) is 97.8 Å². The van der Waals surface area contributed by atoms with E-state index in [4.69, 9.17) is 15.3 Å². The third-order valence-corrected chi connectivity index (χ3v) is 4.20. The molecule has 0 aromatic rings. The molecule has 0 unspecified atom stereocenters. The number of rotatable bonds is 16. The van der Waals surface area contributed by atoms with Crippen LogP contribution in [-0.4, -0.2) is 34.5 Å². The van der Waals surface area contributed by atoms with Gasteiger partial charge in [-0.05, 0) is 38.5 Å². The molecular weight excluding hydrogens is 340 g/mol. The van der Waals surface area contributed by atoms with Crippen molar-refractivity contribution in [1.82, 2.24) is 0 Å². The first-order valence-corrected chi connectivity index (χ1v) is 10.6. The van der Waals surface area contributed by atoms with Gasteiger partial charge in [-0.3, -0.25) is 4.79 Å². The minimum atomic E-state index is -0.671. The van der Waals surface area contributed by atoms with Gasteiger partial charge in [-0.15, -0.1) is 0 Å². The molecule has 0 bridgehead atoms. The number of unbranched alkanes of at least 4 members (excludes halogenated alkanes) is 8. The minimum absolute atomic E-state index is 0.0451. The summed E-state index contributed by atoms with van der Waals surface area (Å²) in [5, 5.41) is 25.4. The van der Waals surface area contributed by atoms with E-state index in [0.29, 0.717) is 6.42 Å². The second-order valence-electron chi connectivity index (χ2n) is 7.85. The zero-order valence-electron chi connectivity index (χ0n) is 18.0. The monoisotopic (exact) mass is 384 g/mol. The van der Waals surface area contributed by atoms with Gasteiger partial charge in [0.1, 0.15) is 0 Å². The van der Waals surface area contributed by atoms with Gasteiger partial charge in [-0.1, -0.05) is 77.2 Å². The molecule has 0 fully saturated rings. The number of carboxylic acid groups (broad SMARTS) is 1. The Hall–Kier alpha value is -1.13. The number of carboxylic acids is 1. The summed E-state index contributed by atoms with van der Waals surface area (Å²) in [6.45, 7) is 5.92. The Balaban J connectivity index is 0. The number of allylic oxidation sites excluding steroid dienone is 4. The Morgan fingerprint density at radius 3 is 1.70 bits per heavy atom. The van der Waals surface area contributed by atoms with Crippen LogP contribution < -0.4 is 0 Å². The number of aliphatic carboxylic acids is 1. The Morgan fingerprint density at radius 2 is 1.26 bits per heavy atom. The predicted molar refractivity (Wildman–Crippen MR) is 115 cm³/mol. The number of aliphatic hydroxyl groups excluding tert-OH is 2. The molecule has 0 aromatic heterocycles. The van der Waals surface area contributed by atoms with Gasteiger partial charge < -0.3 is 15.3 Å². The van der Waals surface area contributed by atoms with Crippen molar-refractivity contribution in [3.8, 4) is 0 Å². The fraction of sp³-hybridized carbons (Fsp3) is 0.783. The quantitative estimate of drug-likeness (QED) is 0.229. The molecule has 0 atom stereocenters. The van der Waals surface area contributed by atoms with Crippen LogP contribution in [0.5, 0.6) is 0 Å². The van der Waals surface area contributed by atoms with Crippen LogP contribution in [0.2, 0.25) is 0 Å². The molecule has 0 aliphatic rings. The molecule has 0 saturated carbocycles. The third-order valence-electron chi connectivity index (χ3n) is 4.20. The van der Waals surface area contributed by atoms with Crippen LogP contribution >= 0.6 is 0 Å². The van der Waals surface area contributed by atoms with Crippen molar-refractivity contribution in [1.29, 1.82) is 0 Å². The molecule has 0 aliphatic carbocycles. The lowest BCUT2D eigenvalue weighted by Gasteiger charge is -2.16. The molecule has 160 valence electrons. The number of hydrogen-bond acceptors (Lipinski definition) is 3. The summed E-state index contributed by atoms with van der Waals surface area (Å²) < 4.78 is 0. The number of carbonyl (C=O) groups is 1. The SMILES string of the molecule is CC(C)(CO)CO.CCCCC/C=C\C/C=C\CCCCCCCC(=O)O. The van der Waals surface area contributed by atoms with Gasteiger partial charge in [0.2, 0.25) is 0 Å². The molecule has 0 heterocycles. The second kappa shape index (κ2) is 21.2. The molecule has 0 rings (SSSR count). The van der Waals surface area contributed by atoms with E-state index < -0.39 is 5.97 Å². The highest BCUT2D eigenvalue weighted by molar-refractivity contribution is 5.66. The van der Waals surface area contributed by atoms with Crippen LogP contribution in [0.3, 0.4) is 0 Å². The van der Waals surface area contributed by atoms with E-state index in [1.807, 2.05) is 0 Å². The lowest BCUT2D eigenvalue weighted by atomic mass is 9.97. The summed E-state index contributed by atoms with van der Waals surface area (Å²) >= 11 is 0. The van der Waals surface area contributed by atoms with Crippen LogP contribution in [-0.2, 0) is 4.79 Å². The smallest absolute Gasteiger partial charge is 0.303 e. The maximum absolute atomic E-state index is 10.3.